The van der Waals surface area contributed by atoms with Gasteiger partial charge in [-0.25, -0.2) is 9.97 Å². The van der Waals surface area contributed by atoms with E-state index in [0.29, 0.717) is 5.92 Å². The molecule has 0 saturated heterocycles. The number of nitrogens with two attached hydrogens (primary N) is 1. The lowest BCUT2D eigenvalue weighted by atomic mass is 9.86. The average molecular weight is 283 g/mol. The smallest absolute Gasteiger partial charge is 0.159 e. The molecule has 0 amide bonds. The van der Waals surface area contributed by atoms with E-state index in [9.17, 15) is 0 Å². The molecule has 0 fully saturated rings. The average Bonchev–Trinajstić information content (AvgIpc) is 2.54. The number of nitrogens with zero attached hydrogens (tertiary/aromatic N) is 2. The van der Waals surface area contributed by atoms with E-state index in [1.165, 1.54) is 11.3 Å². The van der Waals surface area contributed by atoms with Gasteiger partial charge >= 0.3 is 0 Å². The van der Waals surface area contributed by atoms with Crippen LogP contribution in [0, 0.1) is 12.8 Å². The lowest BCUT2D eigenvalue weighted by Gasteiger charge is -2.24. The van der Waals surface area contributed by atoms with E-state index in [1.807, 2.05) is 24.3 Å². The standard InChI is InChI=1S/C17H21N3O/c1-11-15-9-12(10-18)3-8-16(15)20-17(19-11)13-4-6-14(21-2)7-5-13/h4-7,12H,3,8-10,18H2,1-2H3. The summed E-state index contributed by atoms with van der Waals surface area (Å²) in [6, 6.07) is 7.90. The van der Waals surface area contributed by atoms with Gasteiger partial charge in [-0.15, -0.1) is 0 Å². The Morgan fingerprint density at radius 1 is 1.24 bits per heavy atom. The number of benzene rings is 1. The van der Waals surface area contributed by atoms with Gasteiger partial charge in [-0.05, 0) is 68.5 Å². The third-order valence-electron chi connectivity index (χ3n) is 4.26. The molecular weight excluding hydrogens is 262 g/mol. The van der Waals surface area contributed by atoms with Crippen LogP contribution >= 0.6 is 0 Å². The zero-order chi connectivity index (χ0) is 14.8. The summed E-state index contributed by atoms with van der Waals surface area (Å²) >= 11 is 0. The minimum atomic E-state index is 0.576. The minimum Gasteiger partial charge on any atom is -0.497 e. The van der Waals surface area contributed by atoms with Crippen molar-refractivity contribution in [3.63, 3.8) is 0 Å². The highest BCUT2D eigenvalue weighted by atomic mass is 16.5. The number of fused-ring (bicyclic) bond motifs is 1. The molecule has 0 aliphatic heterocycles. The second-order valence-corrected chi connectivity index (χ2v) is 5.63. The molecule has 1 aliphatic carbocycles. The molecule has 0 radical (unpaired) electrons. The number of hydrogen-bond donors (Lipinski definition) is 1. The van der Waals surface area contributed by atoms with Crippen LogP contribution in [0.1, 0.15) is 23.4 Å². The second kappa shape index (κ2) is 5.82. The van der Waals surface area contributed by atoms with Gasteiger partial charge in [0, 0.05) is 17.0 Å². The van der Waals surface area contributed by atoms with Gasteiger partial charge < -0.3 is 10.5 Å². The molecule has 1 aliphatic rings. The second-order valence-electron chi connectivity index (χ2n) is 5.63. The Hall–Kier alpha value is -1.94. The maximum absolute atomic E-state index is 5.81. The van der Waals surface area contributed by atoms with Crippen LogP contribution in [-0.4, -0.2) is 23.6 Å². The summed E-state index contributed by atoms with van der Waals surface area (Å²) in [5.74, 6) is 2.23. The Kier molecular flexibility index (Phi) is 3.88. The highest BCUT2D eigenvalue weighted by Gasteiger charge is 2.22. The third-order valence-corrected chi connectivity index (χ3v) is 4.26. The van der Waals surface area contributed by atoms with Crippen molar-refractivity contribution < 1.29 is 4.74 Å². The predicted molar refractivity (Wildman–Crippen MR) is 83.3 cm³/mol. The first-order valence-electron chi connectivity index (χ1n) is 7.42. The third kappa shape index (κ3) is 2.76. The fraction of sp³-hybridized carbons (Fsp3) is 0.412. The van der Waals surface area contributed by atoms with Crippen LogP contribution in [0.5, 0.6) is 5.75 Å². The van der Waals surface area contributed by atoms with Crippen LogP contribution < -0.4 is 10.5 Å². The van der Waals surface area contributed by atoms with Crippen LogP contribution in [0.25, 0.3) is 11.4 Å². The number of ether oxygens (including phenoxy) is 1. The van der Waals surface area contributed by atoms with Gasteiger partial charge in [-0.1, -0.05) is 0 Å². The van der Waals surface area contributed by atoms with Gasteiger partial charge in [0.1, 0.15) is 5.75 Å². The van der Waals surface area contributed by atoms with Crippen molar-refractivity contribution >= 4 is 0 Å². The SMILES string of the molecule is COc1ccc(-c2nc(C)c3c(n2)CCC(CN)C3)cc1. The van der Waals surface area contributed by atoms with Crippen molar-refractivity contribution in [2.45, 2.75) is 26.2 Å². The molecule has 1 atom stereocenters. The Balaban J connectivity index is 1.96. The van der Waals surface area contributed by atoms with Crippen molar-refractivity contribution in [1.29, 1.82) is 0 Å². The van der Waals surface area contributed by atoms with Gasteiger partial charge in [0.15, 0.2) is 5.82 Å². The molecule has 0 saturated carbocycles. The lowest BCUT2D eigenvalue weighted by Crippen LogP contribution is -2.24. The van der Waals surface area contributed by atoms with E-state index in [2.05, 4.69) is 11.9 Å². The highest BCUT2D eigenvalue weighted by molar-refractivity contribution is 5.57. The van der Waals surface area contributed by atoms with Crippen molar-refractivity contribution in [2.24, 2.45) is 11.7 Å². The number of methoxy groups -OCH3 is 1. The Morgan fingerprint density at radius 2 is 2.00 bits per heavy atom. The summed E-state index contributed by atoms with van der Waals surface area (Å²) in [5.41, 5.74) is 10.4. The molecule has 1 heterocycles. The van der Waals surface area contributed by atoms with Crippen LogP contribution in [-0.2, 0) is 12.8 Å². The van der Waals surface area contributed by atoms with Crippen LogP contribution in [0.15, 0.2) is 24.3 Å². The molecule has 3 rings (SSSR count). The van der Waals surface area contributed by atoms with Crippen molar-refractivity contribution in [1.82, 2.24) is 9.97 Å². The molecule has 1 aromatic carbocycles. The molecule has 4 nitrogen and oxygen atoms in total. The zero-order valence-electron chi connectivity index (χ0n) is 12.6. The fourth-order valence-electron chi connectivity index (χ4n) is 2.93. The quantitative estimate of drug-likeness (QED) is 0.940. The Labute approximate surface area is 125 Å². The Morgan fingerprint density at radius 3 is 2.67 bits per heavy atom. The van der Waals surface area contributed by atoms with Gasteiger partial charge in [-0.3, -0.25) is 0 Å². The maximum atomic E-state index is 5.81. The molecule has 1 aromatic heterocycles. The minimum absolute atomic E-state index is 0.576. The van der Waals surface area contributed by atoms with E-state index in [0.717, 1.165) is 48.6 Å². The van der Waals surface area contributed by atoms with E-state index >= 15 is 0 Å². The van der Waals surface area contributed by atoms with Crippen LogP contribution in [0.3, 0.4) is 0 Å². The first-order chi connectivity index (χ1) is 10.2. The molecule has 2 N–H and O–H groups in total. The monoisotopic (exact) mass is 283 g/mol. The van der Waals surface area contributed by atoms with Gasteiger partial charge in [0.25, 0.3) is 0 Å². The molecule has 4 heteroatoms. The van der Waals surface area contributed by atoms with Crippen LogP contribution in [0.4, 0.5) is 0 Å². The molecule has 1 unspecified atom stereocenters. The van der Waals surface area contributed by atoms with E-state index < -0.39 is 0 Å². The first kappa shape index (κ1) is 14.0. The summed E-state index contributed by atoms with van der Waals surface area (Å²) in [7, 11) is 1.67. The zero-order valence-corrected chi connectivity index (χ0v) is 12.6. The first-order valence-corrected chi connectivity index (χ1v) is 7.42. The van der Waals surface area contributed by atoms with Crippen LogP contribution in [0.2, 0.25) is 0 Å². The molecule has 0 spiro atoms. The van der Waals surface area contributed by atoms with E-state index in [4.69, 9.17) is 15.5 Å². The van der Waals surface area contributed by atoms with Crippen molar-refractivity contribution in [2.75, 3.05) is 13.7 Å². The number of aromatic nitrogens is 2. The van der Waals surface area contributed by atoms with E-state index in [1.54, 1.807) is 7.11 Å². The highest BCUT2D eigenvalue weighted by Crippen LogP contribution is 2.28. The Bertz CT molecular complexity index is 637. The largest absolute Gasteiger partial charge is 0.497 e. The van der Waals surface area contributed by atoms with Crippen molar-refractivity contribution in [3.8, 4) is 17.1 Å². The molecular formula is C17H21N3O. The molecule has 2 aromatic rings. The molecule has 0 bridgehead atoms. The fourth-order valence-corrected chi connectivity index (χ4v) is 2.93. The normalized spacial score (nSPS) is 17.4. The lowest BCUT2D eigenvalue weighted by molar-refractivity contribution is 0.415. The summed E-state index contributed by atoms with van der Waals surface area (Å²) in [6.07, 6.45) is 3.15. The summed E-state index contributed by atoms with van der Waals surface area (Å²) in [5, 5.41) is 0. The van der Waals surface area contributed by atoms with Crippen molar-refractivity contribution in [3.05, 3.63) is 41.2 Å². The molecule has 21 heavy (non-hydrogen) atoms. The van der Waals surface area contributed by atoms with Gasteiger partial charge in [0.05, 0.1) is 7.11 Å². The maximum Gasteiger partial charge on any atom is 0.159 e. The predicted octanol–water partition coefficient (Wildman–Crippen LogP) is 2.52. The topological polar surface area (TPSA) is 61.0 Å². The molecule has 110 valence electrons. The number of rotatable bonds is 3. The summed E-state index contributed by atoms with van der Waals surface area (Å²) in [4.78, 5) is 9.46. The number of hydrogen-bond acceptors (Lipinski definition) is 4. The summed E-state index contributed by atoms with van der Waals surface area (Å²) < 4.78 is 5.19. The van der Waals surface area contributed by atoms with E-state index in [-0.39, 0.29) is 0 Å². The summed E-state index contributed by atoms with van der Waals surface area (Å²) in [6.45, 7) is 2.82. The van der Waals surface area contributed by atoms with Gasteiger partial charge in [-0.2, -0.15) is 0 Å². The number of aryl methyl sites for hydroxylation is 2. The van der Waals surface area contributed by atoms with Gasteiger partial charge in [0.2, 0.25) is 0 Å².